The summed E-state index contributed by atoms with van der Waals surface area (Å²) in [5.74, 6) is 1.36. The third kappa shape index (κ3) is 3.78. The van der Waals surface area contributed by atoms with Crippen molar-refractivity contribution in [2.75, 3.05) is 5.75 Å². The summed E-state index contributed by atoms with van der Waals surface area (Å²) in [5.41, 5.74) is 5.92. The highest BCUT2D eigenvalue weighted by atomic mass is 32.2. The number of nitrogens with two attached hydrogens (primary N) is 1. The number of carbonyl (C=O) groups excluding carboxylic acids is 1. The number of carbonyl (C=O) groups is 1. The molecule has 0 saturated heterocycles. The zero-order valence-electron chi connectivity index (χ0n) is 9.89. The Bertz CT molecular complexity index is 361. The second-order valence-electron chi connectivity index (χ2n) is 4.45. The van der Waals surface area contributed by atoms with Crippen LogP contribution in [0, 0.1) is 0 Å². The summed E-state index contributed by atoms with van der Waals surface area (Å²) < 4.78 is 5.35. The minimum Gasteiger partial charge on any atom is -0.468 e. The van der Waals surface area contributed by atoms with Crippen LogP contribution < -0.4 is 11.1 Å². The predicted molar refractivity (Wildman–Crippen MR) is 68.7 cm³/mol. The van der Waals surface area contributed by atoms with Gasteiger partial charge in [0.1, 0.15) is 5.76 Å². The minimum absolute atomic E-state index is 0.0370. The third-order valence-corrected chi connectivity index (χ3v) is 4.09. The van der Waals surface area contributed by atoms with Gasteiger partial charge in [-0.1, -0.05) is 0 Å². The fraction of sp³-hybridized carbons (Fsp3) is 0.583. The maximum atomic E-state index is 11.6. The van der Waals surface area contributed by atoms with Crippen molar-refractivity contribution in [2.45, 2.75) is 37.1 Å². The highest BCUT2D eigenvalue weighted by Crippen LogP contribution is 2.31. The first-order chi connectivity index (χ1) is 8.16. The summed E-state index contributed by atoms with van der Waals surface area (Å²) in [5, 5.41) is 3.00. The molecule has 1 amide bonds. The predicted octanol–water partition coefficient (Wildman–Crippen LogP) is 1.68. The fourth-order valence-electron chi connectivity index (χ4n) is 1.61. The second kappa shape index (κ2) is 5.60. The van der Waals surface area contributed by atoms with Gasteiger partial charge in [0.15, 0.2) is 0 Å². The Balaban J connectivity index is 1.83. The van der Waals surface area contributed by atoms with Gasteiger partial charge in [-0.25, -0.2) is 0 Å². The van der Waals surface area contributed by atoms with Gasteiger partial charge in [-0.05, 0) is 31.9 Å². The topological polar surface area (TPSA) is 68.3 Å². The van der Waals surface area contributed by atoms with Crippen LogP contribution >= 0.6 is 11.8 Å². The van der Waals surface area contributed by atoms with E-state index < -0.39 is 0 Å². The molecule has 2 rings (SSSR count). The Morgan fingerprint density at radius 1 is 1.71 bits per heavy atom. The molecule has 17 heavy (non-hydrogen) atoms. The molecule has 4 nitrogen and oxygen atoms in total. The number of hydrogen-bond donors (Lipinski definition) is 2. The average molecular weight is 254 g/mol. The monoisotopic (exact) mass is 254 g/mol. The molecule has 1 aliphatic rings. The second-order valence-corrected chi connectivity index (χ2v) is 5.58. The van der Waals surface area contributed by atoms with Crippen LogP contribution in [0.4, 0.5) is 0 Å². The van der Waals surface area contributed by atoms with Crippen LogP contribution in [-0.2, 0) is 4.79 Å². The van der Waals surface area contributed by atoms with E-state index in [0.29, 0.717) is 11.8 Å². The van der Waals surface area contributed by atoms with Crippen LogP contribution in [0.25, 0.3) is 0 Å². The molecular formula is C12H18N2O2S. The molecular weight excluding hydrogens is 236 g/mol. The highest BCUT2D eigenvalue weighted by Gasteiger charge is 2.25. The first-order valence-corrected chi connectivity index (χ1v) is 6.91. The van der Waals surface area contributed by atoms with E-state index in [9.17, 15) is 4.79 Å². The quantitative estimate of drug-likeness (QED) is 0.810. The lowest BCUT2D eigenvalue weighted by molar-refractivity contribution is -0.118. The van der Waals surface area contributed by atoms with Gasteiger partial charge in [0.2, 0.25) is 5.91 Å². The smallest absolute Gasteiger partial charge is 0.230 e. The van der Waals surface area contributed by atoms with Crippen molar-refractivity contribution in [3.05, 3.63) is 24.2 Å². The van der Waals surface area contributed by atoms with Crippen LogP contribution in [0.1, 0.15) is 30.8 Å². The molecule has 1 heterocycles. The van der Waals surface area contributed by atoms with Crippen molar-refractivity contribution in [3.8, 4) is 0 Å². The first-order valence-electron chi connectivity index (χ1n) is 5.87. The molecule has 0 aromatic carbocycles. The summed E-state index contributed by atoms with van der Waals surface area (Å²) in [6.45, 7) is 1.93. The van der Waals surface area contributed by atoms with Gasteiger partial charge in [0.05, 0.1) is 17.3 Å². The van der Waals surface area contributed by atoms with Crippen molar-refractivity contribution in [1.29, 1.82) is 0 Å². The molecule has 1 aliphatic carbocycles. The van der Waals surface area contributed by atoms with E-state index in [2.05, 4.69) is 5.32 Å². The summed E-state index contributed by atoms with van der Waals surface area (Å²) in [6.07, 6.45) is 3.87. The van der Waals surface area contributed by atoms with Gasteiger partial charge >= 0.3 is 0 Å². The van der Waals surface area contributed by atoms with Gasteiger partial charge in [0.25, 0.3) is 0 Å². The lowest BCUT2D eigenvalue weighted by Gasteiger charge is -2.17. The van der Waals surface area contributed by atoms with Crippen molar-refractivity contribution >= 4 is 17.7 Å². The molecule has 1 saturated carbocycles. The minimum atomic E-state index is -0.0418. The fourth-order valence-corrected chi connectivity index (χ4v) is 2.62. The molecule has 1 fully saturated rings. The van der Waals surface area contributed by atoms with Crippen LogP contribution in [0.2, 0.25) is 0 Å². The molecule has 5 heteroatoms. The molecule has 1 aromatic rings. The van der Waals surface area contributed by atoms with Gasteiger partial charge in [0, 0.05) is 12.1 Å². The zero-order chi connectivity index (χ0) is 12.3. The van der Waals surface area contributed by atoms with Crippen molar-refractivity contribution in [2.24, 2.45) is 5.73 Å². The van der Waals surface area contributed by atoms with Crippen molar-refractivity contribution in [1.82, 2.24) is 5.32 Å². The number of rotatable bonds is 6. The van der Waals surface area contributed by atoms with Gasteiger partial charge in [-0.15, -0.1) is 11.8 Å². The molecule has 2 unspecified atom stereocenters. The lowest BCUT2D eigenvalue weighted by Crippen LogP contribution is -2.29. The number of thioether (sulfide) groups is 1. The van der Waals surface area contributed by atoms with Gasteiger partial charge < -0.3 is 15.5 Å². The van der Waals surface area contributed by atoms with Crippen LogP contribution in [0.5, 0.6) is 0 Å². The van der Waals surface area contributed by atoms with Gasteiger partial charge in [-0.2, -0.15) is 0 Å². The van der Waals surface area contributed by atoms with E-state index in [1.54, 1.807) is 6.26 Å². The largest absolute Gasteiger partial charge is 0.468 e. The number of nitrogens with one attached hydrogen (secondary N) is 1. The molecule has 3 N–H and O–H groups in total. The Kier molecular flexibility index (Phi) is 4.12. The van der Waals surface area contributed by atoms with E-state index in [1.807, 2.05) is 19.1 Å². The SMILES string of the molecule is CC(N)C(SCC(=O)NC1CC1)c1ccco1. The van der Waals surface area contributed by atoms with Crippen LogP contribution in [-0.4, -0.2) is 23.7 Å². The normalized spacial score (nSPS) is 18.7. The van der Waals surface area contributed by atoms with Crippen molar-refractivity contribution in [3.63, 3.8) is 0 Å². The number of amides is 1. The molecule has 94 valence electrons. The Labute approximate surface area is 105 Å². The van der Waals surface area contributed by atoms with E-state index in [1.165, 1.54) is 11.8 Å². The molecule has 0 spiro atoms. The maximum Gasteiger partial charge on any atom is 0.230 e. The standard InChI is InChI=1S/C12H18N2O2S/c1-8(13)12(10-3-2-6-16-10)17-7-11(15)14-9-4-5-9/h2-3,6,8-9,12H,4-5,7,13H2,1H3,(H,14,15). The molecule has 1 aromatic heterocycles. The van der Waals surface area contributed by atoms with E-state index >= 15 is 0 Å². The lowest BCUT2D eigenvalue weighted by atomic mass is 10.2. The van der Waals surface area contributed by atoms with E-state index in [-0.39, 0.29) is 17.2 Å². The van der Waals surface area contributed by atoms with E-state index in [0.717, 1.165) is 18.6 Å². The third-order valence-electron chi connectivity index (χ3n) is 2.64. The van der Waals surface area contributed by atoms with Crippen LogP contribution in [0.3, 0.4) is 0 Å². The number of hydrogen-bond acceptors (Lipinski definition) is 4. The highest BCUT2D eigenvalue weighted by molar-refractivity contribution is 8.00. The van der Waals surface area contributed by atoms with Gasteiger partial charge in [-0.3, -0.25) is 4.79 Å². The Morgan fingerprint density at radius 3 is 3.00 bits per heavy atom. The average Bonchev–Trinajstić information content (AvgIpc) is 2.92. The van der Waals surface area contributed by atoms with E-state index in [4.69, 9.17) is 10.2 Å². The Hall–Kier alpha value is -0.940. The zero-order valence-corrected chi connectivity index (χ0v) is 10.7. The van der Waals surface area contributed by atoms with Crippen molar-refractivity contribution < 1.29 is 9.21 Å². The first kappa shape index (κ1) is 12.5. The maximum absolute atomic E-state index is 11.6. The molecule has 2 atom stereocenters. The molecule has 0 bridgehead atoms. The summed E-state index contributed by atoms with van der Waals surface area (Å²) in [6, 6.07) is 4.12. The summed E-state index contributed by atoms with van der Waals surface area (Å²) in [4.78, 5) is 11.6. The summed E-state index contributed by atoms with van der Waals surface area (Å²) in [7, 11) is 0. The molecule has 0 radical (unpaired) electrons. The Morgan fingerprint density at radius 2 is 2.47 bits per heavy atom. The number of furan rings is 1. The molecule has 0 aliphatic heterocycles. The summed E-state index contributed by atoms with van der Waals surface area (Å²) >= 11 is 1.53. The van der Waals surface area contributed by atoms with Crippen LogP contribution in [0.15, 0.2) is 22.8 Å².